The number of benzene rings is 1. The van der Waals surface area contributed by atoms with Crippen molar-refractivity contribution in [3.63, 3.8) is 0 Å². The Morgan fingerprint density at radius 3 is 2.50 bits per heavy atom. The number of fused-ring (bicyclic) bond motifs is 1. The van der Waals surface area contributed by atoms with E-state index in [0.717, 1.165) is 0 Å². The average Bonchev–Trinajstić information content (AvgIpc) is 3.19. The lowest BCUT2D eigenvalue weighted by Gasteiger charge is -2.24. The Hall–Kier alpha value is -2.95. The predicted octanol–water partition coefficient (Wildman–Crippen LogP) is 0.820. The van der Waals surface area contributed by atoms with Crippen LogP contribution in [-0.4, -0.2) is 53.3 Å². The molecule has 0 spiro atoms. The molecule has 2 aromatic rings. The van der Waals surface area contributed by atoms with E-state index in [0.29, 0.717) is 11.3 Å². The lowest BCUT2D eigenvalue weighted by Crippen LogP contribution is -2.37. The number of H-pyrrole nitrogens is 1. The molecule has 10 nitrogen and oxygen atoms in total. The minimum absolute atomic E-state index is 0.0971. The molecular weight excluding hydrogens is 396 g/mol. The highest BCUT2D eigenvalue weighted by molar-refractivity contribution is 5.89. The lowest BCUT2D eigenvalue weighted by molar-refractivity contribution is -0.200. The predicted molar refractivity (Wildman–Crippen MR) is 102 cm³/mol. The number of nitrogens with one attached hydrogen (secondary N) is 1. The highest BCUT2D eigenvalue weighted by Gasteiger charge is 2.56. The molecule has 2 saturated heterocycles. The number of hydrogen-bond acceptors (Lipinski definition) is 8. The van der Waals surface area contributed by atoms with Gasteiger partial charge < -0.3 is 23.7 Å². The summed E-state index contributed by atoms with van der Waals surface area (Å²) >= 11 is 0. The van der Waals surface area contributed by atoms with Crippen molar-refractivity contribution in [1.29, 1.82) is 0 Å². The van der Waals surface area contributed by atoms with Crippen LogP contribution in [0.4, 0.5) is 0 Å². The van der Waals surface area contributed by atoms with Crippen molar-refractivity contribution in [3.8, 4) is 5.75 Å². The molecule has 30 heavy (non-hydrogen) atoms. The number of rotatable bonds is 5. The van der Waals surface area contributed by atoms with Gasteiger partial charge in [-0.2, -0.15) is 0 Å². The van der Waals surface area contributed by atoms with Crippen molar-refractivity contribution in [2.24, 2.45) is 0 Å². The Balaban J connectivity index is 1.51. The van der Waals surface area contributed by atoms with Gasteiger partial charge in [-0.25, -0.2) is 9.59 Å². The van der Waals surface area contributed by atoms with Gasteiger partial charge in [0, 0.05) is 12.3 Å². The first-order valence-electron chi connectivity index (χ1n) is 9.41. The van der Waals surface area contributed by atoms with Crippen LogP contribution in [0.2, 0.25) is 0 Å². The second-order valence-electron chi connectivity index (χ2n) is 7.47. The third-order valence-corrected chi connectivity index (χ3v) is 4.96. The normalized spacial score (nSPS) is 26.9. The van der Waals surface area contributed by atoms with Gasteiger partial charge >= 0.3 is 11.7 Å². The molecule has 1 aromatic carbocycles. The first kappa shape index (κ1) is 20.3. The van der Waals surface area contributed by atoms with Crippen LogP contribution in [0.5, 0.6) is 5.75 Å². The number of methoxy groups -OCH3 is 1. The summed E-state index contributed by atoms with van der Waals surface area (Å²) in [5, 5.41) is 0. The number of nitrogens with zero attached hydrogens (tertiary/aromatic N) is 1. The maximum atomic E-state index is 12.4. The Morgan fingerprint density at radius 1 is 1.13 bits per heavy atom. The molecule has 10 heteroatoms. The average molecular weight is 418 g/mol. The SMILES string of the molecule is COc1ccc(C(=O)OC[C@@H]2O[C@H](n3ccc(=O)[nH]c3=O)[C@H]3OC(C)(C)O[C@@H]32)cc1. The molecule has 4 rings (SSSR count). The van der Waals surface area contributed by atoms with E-state index in [-0.39, 0.29) is 6.61 Å². The summed E-state index contributed by atoms with van der Waals surface area (Å²) < 4.78 is 29.5. The van der Waals surface area contributed by atoms with Crippen LogP contribution >= 0.6 is 0 Å². The number of ether oxygens (including phenoxy) is 5. The van der Waals surface area contributed by atoms with Crippen molar-refractivity contribution >= 4 is 5.97 Å². The number of esters is 1. The Bertz CT molecular complexity index is 1040. The number of hydrogen-bond donors (Lipinski definition) is 1. The molecule has 0 saturated carbocycles. The van der Waals surface area contributed by atoms with Crippen LogP contribution in [0.3, 0.4) is 0 Å². The Labute approximate surface area is 171 Å². The van der Waals surface area contributed by atoms with Gasteiger partial charge in [0.2, 0.25) is 0 Å². The van der Waals surface area contributed by atoms with Gasteiger partial charge in [-0.3, -0.25) is 14.3 Å². The van der Waals surface area contributed by atoms with E-state index in [4.69, 9.17) is 23.7 Å². The molecule has 2 aliphatic heterocycles. The fourth-order valence-corrected chi connectivity index (χ4v) is 3.61. The van der Waals surface area contributed by atoms with E-state index >= 15 is 0 Å². The summed E-state index contributed by atoms with van der Waals surface area (Å²) in [6.45, 7) is 3.40. The fourth-order valence-electron chi connectivity index (χ4n) is 3.61. The summed E-state index contributed by atoms with van der Waals surface area (Å²) in [6.07, 6.45) is -1.35. The van der Waals surface area contributed by atoms with Gasteiger partial charge in [-0.05, 0) is 38.1 Å². The first-order chi connectivity index (χ1) is 14.3. The molecule has 3 heterocycles. The second kappa shape index (κ2) is 7.71. The van der Waals surface area contributed by atoms with Gasteiger partial charge in [0.1, 0.15) is 30.7 Å². The highest BCUT2D eigenvalue weighted by Crippen LogP contribution is 2.42. The zero-order valence-electron chi connectivity index (χ0n) is 16.7. The zero-order valence-corrected chi connectivity index (χ0v) is 16.7. The molecule has 2 aliphatic rings. The molecule has 0 amide bonds. The second-order valence-corrected chi connectivity index (χ2v) is 7.47. The Morgan fingerprint density at radius 2 is 1.83 bits per heavy atom. The third kappa shape index (κ3) is 3.89. The smallest absolute Gasteiger partial charge is 0.338 e. The number of carbonyl (C=O) groups excluding carboxylic acids is 1. The zero-order chi connectivity index (χ0) is 21.5. The van der Waals surface area contributed by atoms with Gasteiger partial charge in [-0.1, -0.05) is 0 Å². The van der Waals surface area contributed by atoms with E-state index in [9.17, 15) is 14.4 Å². The van der Waals surface area contributed by atoms with Crippen molar-refractivity contribution < 1.29 is 28.5 Å². The standard InChI is InChI=1S/C20H22N2O8/c1-20(2)29-15-13(10-27-18(24)11-4-6-12(26-3)7-5-11)28-17(16(15)30-20)22-9-8-14(23)21-19(22)25/h4-9,13,15-17H,10H2,1-3H3,(H,21,23,25)/t13-,15+,16-,17-/m0/s1. The Kier molecular flexibility index (Phi) is 5.22. The van der Waals surface area contributed by atoms with Gasteiger partial charge in [0.25, 0.3) is 5.56 Å². The molecule has 0 radical (unpaired) electrons. The van der Waals surface area contributed by atoms with Crippen LogP contribution in [0.25, 0.3) is 0 Å². The lowest BCUT2D eigenvalue weighted by atomic mass is 10.1. The van der Waals surface area contributed by atoms with E-state index in [1.54, 1.807) is 38.1 Å². The van der Waals surface area contributed by atoms with Crippen LogP contribution in [0, 0.1) is 0 Å². The van der Waals surface area contributed by atoms with E-state index < -0.39 is 47.5 Å². The molecular formula is C20H22N2O8. The van der Waals surface area contributed by atoms with Crippen LogP contribution in [-0.2, 0) is 18.9 Å². The van der Waals surface area contributed by atoms with Crippen molar-refractivity contribution in [2.45, 2.75) is 44.2 Å². The van der Waals surface area contributed by atoms with Crippen LogP contribution in [0.15, 0.2) is 46.1 Å². The van der Waals surface area contributed by atoms with Gasteiger partial charge in [-0.15, -0.1) is 0 Å². The van der Waals surface area contributed by atoms with Crippen molar-refractivity contribution in [3.05, 3.63) is 62.9 Å². The summed E-state index contributed by atoms with van der Waals surface area (Å²) in [6, 6.07) is 7.74. The maximum absolute atomic E-state index is 12.4. The van der Waals surface area contributed by atoms with Crippen molar-refractivity contribution in [1.82, 2.24) is 9.55 Å². The number of carbonyl (C=O) groups is 1. The number of aromatic nitrogens is 2. The van der Waals surface area contributed by atoms with Crippen LogP contribution < -0.4 is 16.0 Å². The van der Waals surface area contributed by atoms with Gasteiger partial charge in [0.15, 0.2) is 12.0 Å². The summed E-state index contributed by atoms with van der Waals surface area (Å²) in [7, 11) is 1.54. The summed E-state index contributed by atoms with van der Waals surface area (Å²) in [5.74, 6) is -0.802. The fraction of sp³-hybridized carbons (Fsp3) is 0.450. The van der Waals surface area contributed by atoms with Gasteiger partial charge in [0.05, 0.1) is 12.7 Å². The van der Waals surface area contributed by atoms with E-state index in [1.807, 2.05) is 0 Å². The molecule has 0 bridgehead atoms. The number of aromatic amines is 1. The molecule has 4 atom stereocenters. The van der Waals surface area contributed by atoms with E-state index in [1.165, 1.54) is 23.9 Å². The maximum Gasteiger partial charge on any atom is 0.338 e. The topological polar surface area (TPSA) is 118 Å². The quantitative estimate of drug-likeness (QED) is 0.709. The largest absolute Gasteiger partial charge is 0.497 e. The summed E-state index contributed by atoms with van der Waals surface area (Å²) in [5.41, 5.74) is -0.780. The molecule has 2 fully saturated rings. The highest BCUT2D eigenvalue weighted by atomic mass is 16.8. The third-order valence-electron chi connectivity index (χ3n) is 4.96. The molecule has 160 valence electrons. The summed E-state index contributed by atoms with van der Waals surface area (Å²) in [4.78, 5) is 38.2. The van der Waals surface area contributed by atoms with Crippen molar-refractivity contribution in [2.75, 3.05) is 13.7 Å². The van der Waals surface area contributed by atoms with Crippen LogP contribution in [0.1, 0.15) is 30.4 Å². The minimum atomic E-state index is -0.901. The molecule has 1 aromatic heterocycles. The minimum Gasteiger partial charge on any atom is -0.497 e. The molecule has 0 aliphatic carbocycles. The first-order valence-corrected chi connectivity index (χ1v) is 9.41. The molecule has 1 N–H and O–H groups in total. The van der Waals surface area contributed by atoms with E-state index in [2.05, 4.69) is 4.98 Å². The molecule has 0 unspecified atom stereocenters. The monoisotopic (exact) mass is 418 g/mol.